The minimum atomic E-state index is -0.406. The van der Waals surface area contributed by atoms with E-state index < -0.39 is 5.97 Å². The first-order valence-electron chi connectivity index (χ1n) is 7.20. The number of aromatic nitrogens is 2. The third-order valence-electron chi connectivity index (χ3n) is 3.15. The number of anilines is 1. The fraction of sp³-hybridized carbons (Fsp3) is 0.0588. The van der Waals surface area contributed by atoms with Crippen molar-refractivity contribution in [2.24, 2.45) is 0 Å². The number of methoxy groups -OCH3 is 1. The predicted molar refractivity (Wildman–Crippen MR) is 93.1 cm³/mol. The van der Waals surface area contributed by atoms with Crippen LogP contribution in [-0.4, -0.2) is 29.2 Å². The maximum absolute atomic E-state index is 11.9. The molecule has 1 N–H and O–H groups in total. The normalized spacial score (nSPS) is 10.8. The molecule has 126 valence electrons. The van der Waals surface area contributed by atoms with Gasteiger partial charge in [0.15, 0.2) is 10.8 Å². The van der Waals surface area contributed by atoms with Crippen molar-refractivity contribution in [2.75, 3.05) is 12.4 Å². The van der Waals surface area contributed by atoms with E-state index in [2.05, 4.69) is 20.3 Å². The van der Waals surface area contributed by atoms with Crippen molar-refractivity contribution in [3.63, 3.8) is 0 Å². The summed E-state index contributed by atoms with van der Waals surface area (Å²) in [6.07, 6.45) is 4.55. The smallest absolute Gasteiger partial charge is 0.337 e. The Morgan fingerprint density at radius 1 is 1.20 bits per heavy atom. The summed E-state index contributed by atoms with van der Waals surface area (Å²) in [5.74, 6) is -0.143. The second-order valence-corrected chi connectivity index (χ2v) is 5.80. The molecule has 0 atom stereocenters. The Morgan fingerprint density at radius 2 is 2.00 bits per heavy atom. The molecule has 7 nitrogen and oxygen atoms in total. The van der Waals surface area contributed by atoms with Crippen LogP contribution in [0, 0.1) is 0 Å². The van der Waals surface area contributed by atoms with Crippen LogP contribution in [0.1, 0.15) is 15.9 Å². The number of rotatable bonds is 5. The van der Waals surface area contributed by atoms with Crippen LogP contribution in [0.4, 0.5) is 5.13 Å². The van der Waals surface area contributed by atoms with Gasteiger partial charge in [-0.05, 0) is 35.9 Å². The molecular formula is C17H13N3O4S. The highest BCUT2D eigenvalue weighted by atomic mass is 32.1. The van der Waals surface area contributed by atoms with Gasteiger partial charge in [-0.15, -0.1) is 10.2 Å². The van der Waals surface area contributed by atoms with Gasteiger partial charge in [-0.1, -0.05) is 23.5 Å². The van der Waals surface area contributed by atoms with E-state index in [0.29, 0.717) is 21.5 Å². The number of nitrogens with zero attached hydrogens (tertiary/aromatic N) is 2. The van der Waals surface area contributed by atoms with Crippen molar-refractivity contribution in [1.82, 2.24) is 10.2 Å². The SMILES string of the molecule is COC(=O)c1ccc(C=CC(=O)Nc2nnc(-c3ccco3)s2)cc1. The highest BCUT2D eigenvalue weighted by Crippen LogP contribution is 2.26. The molecule has 0 aliphatic heterocycles. The van der Waals surface area contributed by atoms with E-state index in [1.807, 2.05) is 0 Å². The molecule has 0 unspecified atom stereocenters. The minimum absolute atomic E-state index is 0.334. The molecule has 8 heteroatoms. The van der Waals surface area contributed by atoms with Crippen LogP contribution in [0.25, 0.3) is 16.8 Å². The van der Waals surface area contributed by atoms with Crippen LogP contribution < -0.4 is 5.32 Å². The second-order valence-electron chi connectivity index (χ2n) is 4.83. The molecule has 0 aliphatic carbocycles. The second kappa shape index (κ2) is 7.54. The molecule has 1 aromatic carbocycles. The van der Waals surface area contributed by atoms with Crippen molar-refractivity contribution < 1.29 is 18.7 Å². The topological polar surface area (TPSA) is 94.3 Å². The molecule has 3 rings (SSSR count). The number of esters is 1. The summed E-state index contributed by atoms with van der Waals surface area (Å²) >= 11 is 1.22. The number of ether oxygens (including phenoxy) is 1. The summed E-state index contributed by atoms with van der Waals surface area (Å²) < 4.78 is 9.86. The van der Waals surface area contributed by atoms with Crippen LogP contribution in [0.2, 0.25) is 0 Å². The standard InChI is InChI=1S/C17H13N3O4S/c1-23-16(22)12-7-4-11(5-8-12)6-9-14(21)18-17-20-19-15(25-17)13-3-2-10-24-13/h2-10H,1H3,(H,18,20,21). The molecule has 0 fully saturated rings. The largest absolute Gasteiger partial charge is 0.465 e. The predicted octanol–water partition coefficient (Wildman–Crippen LogP) is 3.24. The highest BCUT2D eigenvalue weighted by molar-refractivity contribution is 7.18. The van der Waals surface area contributed by atoms with E-state index in [4.69, 9.17) is 4.42 Å². The fourth-order valence-electron chi connectivity index (χ4n) is 1.94. The van der Waals surface area contributed by atoms with Crippen molar-refractivity contribution in [1.29, 1.82) is 0 Å². The zero-order valence-electron chi connectivity index (χ0n) is 13.1. The van der Waals surface area contributed by atoms with Gasteiger partial charge < -0.3 is 9.15 Å². The summed E-state index contributed by atoms with van der Waals surface area (Å²) in [5, 5.41) is 11.5. The first-order valence-corrected chi connectivity index (χ1v) is 8.02. The number of hydrogen-bond acceptors (Lipinski definition) is 7. The lowest BCUT2D eigenvalue weighted by atomic mass is 10.1. The van der Waals surface area contributed by atoms with Crippen LogP contribution in [0.3, 0.4) is 0 Å². The Bertz CT molecular complexity index is 898. The van der Waals surface area contributed by atoms with Crippen molar-refractivity contribution in [2.45, 2.75) is 0 Å². The average molecular weight is 355 g/mol. The molecule has 0 saturated heterocycles. The Labute approximate surface area is 147 Å². The van der Waals surface area contributed by atoms with Crippen molar-refractivity contribution in [3.8, 4) is 10.8 Å². The lowest BCUT2D eigenvalue weighted by Crippen LogP contribution is -2.07. The van der Waals surface area contributed by atoms with E-state index >= 15 is 0 Å². The fourth-order valence-corrected chi connectivity index (χ4v) is 2.66. The Morgan fingerprint density at radius 3 is 2.68 bits per heavy atom. The summed E-state index contributed by atoms with van der Waals surface area (Å²) in [7, 11) is 1.32. The van der Waals surface area contributed by atoms with E-state index in [-0.39, 0.29) is 5.91 Å². The van der Waals surface area contributed by atoms with Gasteiger partial charge in [-0.3, -0.25) is 10.1 Å². The number of nitrogens with one attached hydrogen (secondary N) is 1. The molecule has 0 radical (unpaired) electrons. The van der Waals surface area contributed by atoms with Gasteiger partial charge in [0.2, 0.25) is 11.0 Å². The highest BCUT2D eigenvalue weighted by Gasteiger charge is 2.10. The first kappa shape index (κ1) is 16.6. The molecule has 0 spiro atoms. The van der Waals surface area contributed by atoms with Gasteiger partial charge in [0.1, 0.15) is 0 Å². The Balaban J connectivity index is 1.60. The quantitative estimate of drug-likeness (QED) is 0.558. The molecule has 0 saturated carbocycles. The molecule has 25 heavy (non-hydrogen) atoms. The van der Waals surface area contributed by atoms with Gasteiger partial charge in [0.05, 0.1) is 18.9 Å². The average Bonchev–Trinajstić information content (AvgIpc) is 3.31. The molecule has 1 amide bonds. The molecule has 3 aromatic rings. The zero-order chi connectivity index (χ0) is 17.6. The summed E-state index contributed by atoms with van der Waals surface area (Å²) in [5.41, 5.74) is 1.22. The lowest BCUT2D eigenvalue weighted by molar-refractivity contribution is -0.111. The summed E-state index contributed by atoms with van der Waals surface area (Å²) in [6, 6.07) is 10.2. The van der Waals surface area contributed by atoms with Gasteiger partial charge >= 0.3 is 5.97 Å². The number of carbonyl (C=O) groups excluding carboxylic acids is 2. The van der Waals surface area contributed by atoms with Crippen LogP contribution in [0.5, 0.6) is 0 Å². The Hall–Kier alpha value is -3.26. The third-order valence-corrected chi connectivity index (χ3v) is 4.00. The maximum Gasteiger partial charge on any atom is 0.337 e. The van der Waals surface area contributed by atoms with Crippen molar-refractivity contribution >= 4 is 34.4 Å². The summed E-state index contributed by atoms with van der Waals surface area (Å²) in [6.45, 7) is 0. The first-order chi connectivity index (χ1) is 12.2. The molecule has 0 bridgehead atoms. The Kier molecular flexibility index (Phi) is 5.00. The van der Waals surface area contributed by atoms with E-state index in [1.165, 1.54) is 24.5 Å². The van der Waals surface area contributed by atoms with E-state index in [9.17, 15) is 9.59 Å². The number of benzene rings is 1. The molecule has 0 aliphatic rings. The van der Waals surface area contributed by atoms with Gasteiger partial charge in [-0.25, -0.2) is 4.79 Å². The van der Waals surface area contributed by atoms with Gasteiger partial charge in [-0.2, -0.15) is 0 Å². The van der Waals surface area contributed by atoms with Crippen LogP contribution >= 0.6 is 11.3 Å². The third kappa shape index (κ3) is 4.18. The number of carbonyl (C=O) groups is 2. The number of furan rings is 1. The molecule has 2 heterocycles. The van der Waals surface area contributed by atoms with Crippen LogP contribution in [0.15, 0.2) is 53.2 Å². The summed E-state index contributed by atoms with van der Waals surface area (Å²) in [4.78, 5) is 23.3. The lowest BCUT2D eigenvalue weighted by Gasteiger charge is -1.99. The maximum atomic E-state index is 11.9. The monoisotopic (exact) mass is 355 g/mol. The van der Waals surface area contributed by atoms with E-state index in [1.54, 1.807) is 48.7 Å². The zero-order valence-corrected chi connectivity index (χ0v) is 13.9. The molecular weight excluding hydrogens is 342 g/mol. The van der Waals surface area contributed by atoms with E-state index in [0.717, 1.165) is 5.56 Å². The minimum Gasteiger partial charge on any atom is -0.465 e. The van der Waals surface area contributed by atoms with Crippen LogP contribution in [-0.2, 0) is 9.53 Å². The van der Waals surface area contributed by atoms with Crippen molar-refractivity contribution in [3.05, 3.63) is 59.9 Å². The molecule has 2 aromatic heterocycles. The van der Waals surface area contributed by atoms with Gasteiger partial charge in [0.25, 0.3) is 0 Å². The number of amides is 1. The van der Waals surface area contributed by atoms with Gasteiger partial charge in [0, 0.05) is 6.08 Å². The number of hydrogen-bond donors (Lipinski definition) is 1.